The molecule has 0 fully saturated rings. The van der Waals surface area contributed by atoms with Crippen LogP contribution in [0.15, 0.2) is 83.8 Å². The summed E-state index contributed by atoms with van der Waals surface area (Å²) in [6.07, 6.45) is 0.450. The van der Waals surface area contributed by atoms with Crippen LogP contribution in [0.3, 0.4) is 0 Å². The molecule has 1 atom stereocenters. The summed E-state index contributed by atoms with van der Waals surface area (Å²) in [5.74, 6) is -1.40. The Hall–Kier alpha value is -3.56. The molecule has 184 valence electrons. The van der Waals surface area contributed by atoms with Crippen LogP contribution in [0.25, 0.3) is 0 Å². The lowest BCUT2D eigenvalue weighted by atomic mass is 10.1. The molecule has 3 aromatic carbocycles. The minimum Gasteiger partial charge on any atom is -0.326 e. The second-order valence-corrected chi connectivity index (χ2v) is 10.2. The zero-order valence-corrected chi connectivity index (χ0v) is 20.3. The van der Waals surface area contributed by atoms with Crippen molar-refractivity contribution in [1.82, 2.24) is 4.72 Å². The van der Waals surface area contributed by atoms with Gasteiger partial charge in [0.05, 0.1) is 0 Å². The van der Waals surface area contributed by atoms with Crippen LogP contribution in [0.1, 0.15) is 25.8 Å². The van der Waals surface area contributed by atoms with Crippen molar-refractivity contribution in [3.05, 3.63) is 90.2 Å². The Balaban J connectivity index is 1.77. The minimum atomic E-state index is -4.31. The van der Waals surface area contributed by atoms with Crippen LogP contribution in [0, 0.1) is 11.7 Å². The third-order valence-electron chi connectivity index (χ3n) is 5.05. The molecule has 3 N–H and O–H groups in total. The Morgan fingerprint density at radius 1 is 0.829 bits per heavy atom. The van der Waals surface area contributed by atoms with Crippen LogP contribution in [0.2, 0.25) is 0 Å². The largest absolute Gasteiger partial charge is 0.326 e. The van der Waals surface area contributed by atoms with Gasteiger partial charge < -0.3 is 10.6 Å². The maximum atomic E-state index is 14.2. The number of nitrogens with one attached hydrogen (secondary N) is 3. The molecule has 0 aliphatic rings. The van der Waals surface area contributed by atoms with Gasteiger partial charge in [-0.05, 0) is 54.3 Å². The molecule has 9 heteroatoms. The number of halogens is 1. The topological polar surface area (TPSA) is 104 Å². The van der Waals surface area contributed by atoms with Gasteiger partial charge in [-0.3, -0.25) is 9.59 Å². The van der Waals surface area contributed by atoms with Crippen LogP contribution in [-0.4, -0.2) is 26.3 Å². The van der Waals surface area contributed by atoms with Crippen molar-refractivity contribution >= 4 is 33.2 Å². The Kier molecular flexibility index (Phi) is 8.73. The summed E-state index contributed by atoms with van der Waals surface area (Å²) in [4.78, 5) is 24.5. The third kappa shape index (κ3) is 7.73. The first-order chi connectivity index (χ1) is 16.6. The van der Waals surface area contributed by atoms with Gasteiger partial charge in [-0.1, -0.05) is 56.3 Å². The van der Waals surface area contributed by atoms with E-state index in [1.165, 1.54) is 12.1 Å². The van der Waals surface area contributed by atoms with E-state index in [1.54, 1.807) is 48.5 Å². The number of hydrogen-bond donors (Lipinski definition) is 3. The number of sulfonamides is 1. The fourth-order valence-electron chi connectivity index (χ4n) is 3.40. The molecule has 3 aromatic rings. The zero-order valence-electron chi connectivity index (χ0n) is 19.5. The van der Waals surface area contributed by atoms with Crippen molar-refractivity contribution in [3.8, 4) is 0 Å². The maximum absolute atomic E-state index is 14.2. The zero-order chi connectivity index (χ0) is 25.4. The van der Waals surface area contributed by atoms with Crippen molar-refractivity contribution in [2.45, 2.75) is 37.6 Å². The molecule has 0 radical (unpaired) electrons. The third-order valence-corrected chi connectivity index (χ3v) is 6.56. The molecule has 2 amide bonds. The Labute approximate surface area is 204 Å². The molecule has 0 aliphatic carbocycles. The van der Waals surface area contributed by atoms with Crippen LogP contribution < -0.4 is 15.4 Å². The molecule has 0 aromatic heterocycles. The summed E-state index contributed by atoms with van der Waals surface area (Å²) in [6, 6.07) is 19.2. The molecule has 7 nitrogen and oxygen atoms in total. The second-order valence-electron chi connectivity index (χ2n) is 8.51. The van der Waals surface area contributed by atoms with Gasteiger partial charge in [0.15, 0.2) is 0 Å². The van der Waals surface area contributed by atoms with Crippen LogP contribution >= 0.6 is 0 Å². The van der Waals surface area contributed by atoms with E-state index in [1.807, 2.05) is 19.9 Å². The van der Waals surface area contributed by atoms with E-state index in [0.717, 1.165) is 17.7 Å². The van der Waals surface area contributed by atoms with Crippen molar-refractivity contribution < 1.29 is 22.4 Å². The van der Waals surface area contributed by atoms with E-state index in [4.69, 9.17) is 0 Å². The predicted octanol–water partition coefficient (Wildman–Crippen LogP) is 4.34. The lowest BCUT2D eigenvalue weighted by Crippen LogP contribution is -2.45. The smallest absolute Gasteiger partial charge is 0.244 e. The molecule has 0 saturated carbocycles. The van der Waals surface area contributed by atoms with Crippen molar-refractivity contribution in [1.29, 1.82) is 0 Å². The van der Waals surface area contributed by atoms with Gasteiger partial charge in [-0.15, -0.1) is 0 Å². The predicted molar refractivity (Wildman–Crippen MR) is 134 cm³/mol. The molecular weight excluding hydrogens is 469 g/mol. The standard InChI is InChI=1S/C26H28FN3O4S/c1-18(2)16-25(31)28-20-12-14-21(15-13-20)29-26(32)23(17-19-8-4-3-5-9-19)30-35(33,34)24-11-7-6-10-22(24)27/h3-15,18,23,30H,16-17H2,1-2H3,(H,28,31)(H,29,32). The van der Waals surface area contributed by atoms with Gasteiger partial charge in [0, 0.05) is 17.8 Å². The normalized spacial score (nSPS) is 12.2. The van der Waals surface area contributed by atoms with E-state index in [2.05, 4.69) is 15.4 Å². The van der Waals surface area contributed by atoms with Gasteiger partial charge in [0.2, 0.25) is 21.8 Å². The Morgan fingerprint density at radius 2 is 1.40 bits per heavy atom. The summed E-state index contributed by atoms with van der Waals surface area (Å²) >= 11 is 0. The number of anilines is 2. The lowest BCUT2D eigenvalue weighted by molar-refractivity contribution is -0.118. The van der Waals surface area contributed by atoms with E-state index in [9.17, 15) is 22.4 Å². The van der Waals surface area contributed by atoms with Crippen LogP contribution in [-0.2, 0) is 26.0 Å². The first kappa shape index (κ1) is 26.1. The molecule has 35 heavy (non-hydrogen) atoms. The van der Waals surface area contributed by atoms with Crippen molar-refractivity contribution in [2.75, 3.05) is 10.6 Å². The Morgan fingerprint density at radius 3 is 2.00 bits per heavy atom. The van der Waals surface area contributed by atoms with Gasteiger partial charge in [0.1, 0.15) is 16.8 Å². The minimum absolute atomic E-state index is 0.0592. The highest BCUT2D eigenvalue weighted by Crippen LogP contribution is 2.18. The maximum Gasteiger partial charge on any atom is 0.244 e. The second kappa shape index (κ2) is 11.7. The molecule has 1 unspecified atom stereocenters. The van der Waals surface area contributed by atoms with Crippen LogP contribution in [0.4, 0.5) is 15.8 Å². The van der Waals surface area contributed by atoms with Gasteiger partial charge >= 0.3 is 0 Å². The summed E-state index contributed by atoms with van der Waals surface area (Å²) in [5.41, 5.74) is 1.72. The highest BCUT2D eigenvalue weighted by Gasteiger charge is 2.28. The molecule has 3 rings (SSSR count). The molecule has 0 spiro atoms. The SMILES string of the molecule is CC(C)CC(=O)Nc1ccc(NC(=O)C(Cc2ccccc2)NS(=O)(=O)c2ccccc2F)cc1. The molecule has 0 bridgehead atoms. The number of amides is 2. The number of carbonyl (C=O) groups is 2. The fourth-order valence-corrected chi connectivity index (χ4v) is 4.67. The first-order valence-electron chi connectivity index (χ1n) is 11.2. The number of carbonyl (C=O) groups excluding carboxylic acids is 2. The van der Waals surface area contributed by atoms with E-state index in [-0.39, 0.29) is 18.2 Å². The molecule has 0 heterocycles. The molecular formula is C26H28FN3O4S. The van der Waals surface area contributed by atoms with Crippen LogP contribution in [0.5, 0.6) is 0 Å². The van der Waals surface area contributed by atoms with E-state index in [0.29, 0.717) is 17.8 Å². The number of rotatable bonds is 10. The average molecular weight is 498 g/mol. The van der Waals surface area contributed by atoms with Gasteiger partial charge in [-0.2, -0.15) is 4.72 Å². The van der Waals surface area contributed by atoms with Gasteiger partial charge in [-0.25, -0.2) is 12.8 Å². The monoisotopic (exact) mass is 497 g/mol. The molecule has 0 aliphatic heterocycles. The van der Waals surface area contributed by atoms with E-state index >= 15 is 0 Å². The summed E-state index contributed by atoms with van der Waals surface area (Å²) < 4.78 is 42.2. The number of hydrogen-bond acceptors (Lipinski definition) is 4. The molecule has 0 saturated heterocycles. The first-order valence-corrected chi connectivity index (χ1v) is 12.6. The summed E-state index contributed by atoms with van der Waals surface area (Å²) in [7, 11) is -4.31. The van der Waals surface area contributed by atoms with Crippen molar-refractivity contribution in [2.24, 2.45) is 5.92 Å². The lowest BCUT2D eigenvalue weighted by Gasteiger charge is -2.19. The fraction of sp³-hybridized carbons (Fsp3) is 0.231. The number of benzene rings is 3. The van der Waals surface area contributed by atoms with Crippen molar-refractivity contribution in [3.63, 3.8) is 0 Å². The summed E-state index contributed by atoms with van der Waals surface area (Å²) in [5, 5.41) is 5.48. The van der Waals surface area contributed by atoms with Gasteiger partial charge in [0.25, 0.3) is 0 Å². The quantitative estimate of drug-likeness (QED) is 0.388. The average Bonchev–Trinajstić information content (AvgIpc) is 2.80. The Bertz CT molecular complexity index is 1260. The summed E-state index contributed by atoms with van der Waals surface area (Å²) in [6.45, 7) is 3.90. The highest BCUT2D eigenvalue weighted by atomic mass is 32.2. The highest BCUT2D eigenvalue weighted by molar-refractivity contribution is 7.89. The van der Waals surface area contributed by atoms with E-state index < -0.39 is 32.7 Å².